The molecule has 31 heavy (non-hydrogen) atoms. The number of hydrogen-bond acceptors (Lipinski definition) is 6. The van der Waals surface area contributed by atoms with Crippen molar-refractivity contribution >= 4 is 11.8 Å². The molecule has 1 aliphatic rings. The third kappa shape index (κ3) is 5.36. The van der Waals surface area contributed by atoms with E-state index in [1.807, 2.05) is 27.8 Å². The van der Waals surface area contributed by atoms with Gasteiger partial charge in [-0.3, -0.25) is 9.59 Å². The smallest absolute Gasteiger partial charge is 0.253 e. The molecule has 1 atom stereocenters. The number of imidazole rings is 1. The summed E-state index contributed by atoms with van der Waals surface area (Å²) in [6, 6.07) is 7.19. The molecule has 0 spiro atoms. The quantitative estimate of drug-likeness (QED) is 0.626. The molecule has 2 amide bonds. The van der Waals surface area contributed by atoms with Crippen LogP contribution in [0, 0.1) is 12.8 Å². The lowest BCUT2D eigenvalue weighted by Gasteiger charge is -2.32. The number of carbonyl (C=O) groups excluding carboxylic acids is 2. The first-order valence-electron chi connectivity index (χ1n) is 10.5. The Hall–Kier alpha value is -3.49. The van der Waals surface area contributed by atoms with E-state index in [0.717, 1.165) is 18.4 Å². The zero-order valence-electron chi connectivity index (χ0n) is 17.5. The van der Waals surface area contributed by atoms with E-state index in [9.17, 15) is 9.59 Å². The first-order chi connectivity index (χ1) is 15.1. The minimum atomic E-state index is -0.0153. The second-order valence-corrected chi connectivity index (χ2v) is 7.82. The van der Waals surface area contributed by atoms with Gasteiger partial charge in [0.2, 0.25) is 17.7 Å². The Labute approximate surface area is 180 Å². The Bertz CT molecular complexity index is 1010. The van der Waals surface area contributed by atoms with Gasteiger partial charge in [-0.2, -0.15) is 0 Å². The molecule has 2 aromatic heterocycles. The van der Waals surface area contributed by atoms with Crippen LogP contribution in [0.3, 0.4) is 0 Å². The van der Waals surface area contributed by atoms with Gasteiger partial charge in [-0.05, 0) is 43.0 Å². The van der Waals surface area contributed by atoms with Gasteiger partial charge in [0.15, 0.2) is 0 Å². The fraction of sp³-hybridized carbons (Fsp3) is 0.409. The predicted octanol–water partition coefficient (Wildman–Crippen LogP) is 2.30. The Morgan fingerprint density at radius 2 is 2.06 bits per heavy atom. The molecule has 3 heterocycles. The Morgan fingerprint density at radius 3 is 2.77 bits per heavy atom. The first kappa shape index (κ1) is 20.8. The maximum atomic E-state index is 13.0. The summed E-state index contributed by atoms with van der Waals surface area (Å²) < 4.78 is 7.35. The van der Waals surface area contributed by atoms with Crippen molar-refractivity contribution in [3.8, 4) is 11.5 Å². The van der Waals surface area contributed by atoms with Gasteiger partial charge in [0.1, 0.15) is 0 Å². The van der Waals surface area contributed by atoms with Crippen molar-refractivity contribution in [3.05, 3.63) is 54.4 Å². The van der Waals surface area contributed by atoms with Crippen LogP contribution in [0.25, 0.3) is 11.5 Å². The molecule has 9 nitrogen and oxygen atoms in total. The molecule has 0 radical (unpaired) electrons. The monoisotopic (exact) mass is 422 g/mol. The lowest BCUT2D eigenvalue weighted by atomic mass is 9.94. The van der Waals surface area contributed by atoms with Gasteiger partial charge >= 0.3 is 0 Å². The van der Waals surface area contributed by atoms with Crippen LogP contribution in [-0.4, -0.2) is 56.1 Å². The summed E-state index contributed by atoms with van der Waals surface area (Å²) in [5.74, 6) is 1.12. The highest BCUT2D eigenvalue weighted by Gasteiger charge is 2.26. The first-order valence-corrected chi connectivity index (χ1v) is 10.5. The molecule has 0 unspecified atom stereocenters. The number of benzene rings is 1. The molecule has 1 aliphatic heterocycles. The van der Waals surface area contributed by atoms with Crippen molar-refractivity contribution < 1.29 is 14.0 Å². The summed E-state index contributed by atoms with van der Waals surface area (Å²) in [7, 11) is 0. The van der Waals surface area contributed by atoms with Crippen molar-refractivity contribution in [1.29, 1.82) is 0 Å². The van der Waals surface area contributed by atoms with Crippen molar-refractivity contribution in [3.63, 3.8) is 0 Å². The number of hydrogen-bond donors (Lipinski definition) is 1. The molecule has 1 saturated heterocycles. The lowest BCUT2D eigenvalue weighted by Crippen LogP contribution is -2.41. The summed E-state index contributed by atoms with van der Waals surface area (Å²) in [6.07, 6.45) is 7.60. The molecule has 1 fully saturated rings. The normalized spacial score (nSPS) is 16.3. The van der Waals surface area contributed by atoms with Gasteiger partial charge < -0.3 is 19.2 Å². The molecular weight excluding hydrogens is 396 g/mol. The van der Waals surface area contributed by atoms with E-state index in [-0.39, 0.29) is 17.7 Å². The molecule has 0 aliphatic carbocycles. The Balaban J connectivity index is 1.28. The summed E-state index contributed by atoms with van der Waals surface area (Å²) in [5.41, 5.74) is 1.39. The van der Waals surface area contributed by atoms with Crippen molar-refractivity contribution in [2.75, 3.05) is 19.6 Å². The fourth-order valence-electron chi connectivity index (χ4n) is 3.85. The molecule has 4 rings (SSSR count). The molecular formula is C22H26N6O3. The van der Waals surface area contributed by atoms with Crippen LogP contribution in [0.15, 0.2) is 47.4 Å². The van der Waals surface area contributed by atoms with E-state index in [0.29, 0.717) is 49.9 Å². The number of likely N-dealkylation sites (tertiary alicyclic amines) is 1. The summed E-state index contributed by atoms with van der Waals surface area (Å²) >= 11 is 0. The second-order valence-electron chi connectivity index (χ2n) is 7.82. The van der Waals surface area contributed by atoms with E-state index in [1.165, 1.54) is 0 Å². The molecule has 1 aromatic carbocycles. The number of aryl methyl sites for hydroxylation is 1. The predicted molar refractivity (Wildman–Crippen MR) is 113 cm³/mol. The average Bonchev–Trinajstić information content (AvgIpc) is 3.45. The van der Waals surface area contributed by atoms with E-state index in [4.69, 9.17) is 4.42 Å². The van der Waals surface area contributed by atoms with E-state index in [2.05, 4.69) is 20.5 Å². The second kappa shape index (κ2) is 9.55. The number of nitrogens with zero attached hydrogens (tertiary/aromatic N) is 5. The van der Waals surface area contributed by atoms with Crippen LogP contribution < -0.4 is 5.32 Å². The van der Waals surface area contributed by atoms with Crippen LogP contribution in [0.4, 0.5) is 0 Å². The fourth-order valence-corrected chi connectivity index (χ4v) is 3.85. The van der Waals surface area contributed by atoms with Crippen LogP contribution in [0.5, 0.6) is 0 Å². The molecule has 9 heteroatoms. The summed E-state index contributed by atoms with van der Waals surface area (Å²) in [5, 5.41) is 10.8. The van der Waals surface area contributed by atoms with Gasteiger partial charge in [-0.25, -0.2) is 4.98 Å². The van der Waals surface area contributed by atoms with Crippen LogP contribution in [-0.2, 0) is 11.3 Å². The lowest BCUT2D eigenvalue weighted by molar-refractivity contribution is -0.122. The van der Waals surface area contributed by atoms with E-state index < -0.39 is 0 Å². The standard InChI is InChI=1S/C22H26N6O3/c1-16-25-26-21(31-16)18-4-6-19(7-5-18)22(30)28-10-2-3-17(14-28)13-20(29)24-9-12-27-11-8-23-15-27/h4-8,11,15,17H,2-3,9-10,12-14H2,1H3,(H,24,29)/t17-/m1/s1. The van der Waals surface area contributed by atoms with Crippen molar-refractivity contribution in [2.24, 2.45) is 5.92 Å². The number of carbonyl (C=O) groups is 2. The van der Waals surface area contributed by atoms with Gasteiger partial charge in [0, 0.05) is 63.0 Å². The van der Waals surface area contributed by atoms with Crippen LogP contribution in [0.1, 0.15) is 35.5 Å². The van der Waals surface area contributed by atoms with E-state index >= 15 is 0 Å². The molecule has 1 N–H and O–H groups in total. The maximum absolute atomic E-state index is 13.0. The van der Waals surface area contributed by atoms with Crippen molar-refractivity contribution in [2.45, 2.75) is 32.7 Å². The number of aromatic nitrogens is 4. The van der Waals surface area contributed by atoms with Gasteiger partial charge in [-0.1, -0.05) is 0 Å². The Kier molecular flexibility index (Phi) is 6.40. The zero-order valence-corrected chi connectivity index (χ0v) is 17.5. The molecule has 0 saturated carbocycles. The third-order valence-corrected chi connectivity index (χ3v) is 5.44. The third-order valence-electron chi connectivity index (χ3n) is 5.44. The van der Waals surface area contributed by atoms with Gasteiger partial charge in [-0.15, -0.1) is 10.2 Å². The summed E-state index contributed by atoms with van der Waals surface area (Å²) in [6.45, 7) is 4.30. The minimum Gasteiger partial charge on any atom is -0.421 e. The molecule has 3 aromatic rings. The SMILES string of the molecule is Cc1nnc(-c2ccc(C(=O)N3CCC[C@H](CC(=O)NCCn4ccnc4)C3)cc2)o1. The largest absolute Gasteiger partial charge is 0.421 e. The highest BCUT2D eigenvalue weighted by molar-refractivity contribution is 5.94. The topological polar surface area (TPSA) is 106 Å². The van der Waals surface area contributed by atoms with Crippen molar-refractivity contribution in [1.82, 2.24) is 30.0 Å². The number of nitrogens with one attached hydrogen (secondary N) is 1. The average molecular weight is 422 g/mol. The molecule has 0 bridgehead atoms. The number of piperidine rings is 1. The maximum Gasteiger partial charge on any atom is 0.253 e. The van der Waals surface area contributed by atoms with Gasteiger partial charge in [0.05, 0.1) is 6.33 Å². The zero-order chi connectivity index (χ0) is 21.6. The van der Waals surface area contributed by atoms with Crippen LogP contribution >= 0.6 is 0 Å². The minimum absolute atomic E-state index is 0.0153. The molecule has 162 valence electrons. The van der Waals surface area contributed by atoms with E-state index in [1.54, 1.807) is 31.6 Å². The summed E-state index contributed by atoms with van der Waals surface area (Å²) in [4.78, 5) is 31.1. The number of rotatable bonds is 7. The van der Waals surface area contributed by atoms with Gasteiger partial charge in [0.25, 0.3) is 5.91 Å². The highest BCUT2D eigenvalue weighted by atomic mass is 16.4. The highest BCUT2D eigenvalue weighted by Crippen LogP contribution is 2.23. The number of amides is 2. The van der Waals surface area contributed by atoms with Crippen LogP contribution in [0.2, 0.25) is 0 Å². The Morgan fingerprint density at radius 1 is 1.23 bits per heavy atom.